The number of rotatable bonds is 7. The molecule has 0 fully saturated rings. The van der Waals surface area contributed by atoms with E-state index < -0.39 is 52.5 Å². The molecule has 0 radical (unpaired) electrons. The largest absolute Gasteiger partial charge is 0.480 e. The number of alkyl halides is 3. The number of hydrogen-bond donors (Lipinski definition) is 2. The highest BCUT2D eigenvalue weighted by Crippen LogP contribution is 2.29. The molecule has 1 atom stereocenters. The number of nitro benzene ring substituents is 1. The lowest BCUT2D eigenvalue weighted by atomic mass is 10.0. The lowest BCUT2D eigenvalue weighted by molar-refractivity contribution is -0.387. The highest BCUT2D eigenvalue weighted by molar-refractivity contribution is 5.85. The van der Waals surface area contributed by atoms with Crippen molar-refractivity contribution in [3.63, 3.8) is 0 Å². The van der Waals surface area contributed by atoms with Gasteiger partial charge in [-0.05, 0) is 23.3 Å². The average molecular weight is 414 g/mol. The van der Waals surface area contributed by atoms with E-state index in [1.165, 1.54) is 6.07 Å². The summed E-state index contributed by atoms with van der Waals surface area (Å²) in [6.45, 7) is 0. The third kappa shape index (κ3) is 5.99. The molecule has 0 aromatic heterocycles. The van der Waals surface area contributed by atoms with E-state index in [1.807, 2.05) is 0 Å². The predicted octanol–water partition coefficient (Wildman–Crippen LogP) is 3.11. The average Bonchev–Trinajstić information content (AvgIpc) is 2.61. The Bertz CT molecular complexity index is 946. The summed E-state index contributed by atoms with van der Waals surface area (Å²) in [5.41, 5.74) is -1.68. The van der Waals surface area contributed by atoms with Crippen molar-refractivity contribution >= 4 is 17.6 Å². The Morgan fingerprint density at radius 3 is 2.41 bits per heavy atom. The SMILES string of the molecule is O=C(Cc1cccc(C(F)(F)F)c1)N[C@@H](Cc1ccc(F)c([N+](=O)[O-])c1)C(=O)O. The minimum atomic E-state index is -4.59. The molecule has 2 N–H and O–H groups in total. The third-order valence-electron chi connectivity index (χ3n) is 3.90. The van der Waals surface area contributed by atoms with Crippen molar-refractivity contribution in [3.8, 4) is 0 Å². The van der Waals surface area contributed by atoms with E-state index in [2.05, 4.69) is 5.32 Å². The van der Waals surface area contributed by atoms with Gasteiger partial charge >= 0.3 is 17.8 Å². The molecule has 0 saturated heterocycles. The van der Waals surface area contributed by atoms with Crippen molar-refractivity contribution in [1.29, 1.82) is 0 Å². The molecule has 0 bridgehead atoms. The lowest BCUT2D eigenvalue weighted by Crippen LogP contribution is -2.43. The summed E-state index contributed by atoms with van der Waals surface area (Å²) in [4.78, 5) is 33.3. The van der Waals surface area contributed by atoms with Gasteiger partial charge in [-0.2, -0.15) is 17.6 Å². The number of nitro groups is 1. The molecule has 2 rings (SSSR count). The van der Waals surface area contributed by atoms with Gasteiger partial charge in [0, 0.05) is 12.5 Å². The van der Waals surface area contributed by atoms with Gasteiger partial charge in [0.15, 0.2) is 0 Å². The topological polar surface area (TPSA) is 110 Å². The van der Waals surface area contributed by atoms with Gasteiger partial charge in [0.1, 0.15) is 6.04 Å². The molecule has 154 valence electrons. The number of carboxylic acid groups (broad SMARTS) is 1. The van der Waals surface area contributed by atoms with E-state index in [4.69, 9.17) is 0 Å². The molecule has 7 nitrogen and oxygen atoms in total. The second-order valence-corrected chi connectivity index (χ2v) is 6.08. The number of amides is 1. The van der Waals surface area contributed by atoms with E-state index in [1.54, 1.807) is 0 Å². The van der Waals surface area contributed by atoms with Crippen molar-refractivity contribution in [3.05, 3.63) is 75.1 Å². The summed E-state index contributed by atoms with van der Waals surface area (Å²) in [7, 11) is 0. The van der Waals surface area contributed by atoms with Crippen LogP contribution in [-0.4, -0.2) is 27.9 Å². The van der Waals surface area contributed by atoms with Crippen LogP contribution in [0.15, 0.2) is 42.5 Å². The Balaban J connectivity index is 2.11. The summed E-state index contributed by atoms with van der Waals surface area (Å²) in [6.07, 6.45) is -5.48. The van der Waals surface area contributed by atoms with Crippen molar-refractivity contribution in [2.24, 2.45) is 0 Å². The molecule has 0 heterocycles. The first-order chi connectivity index (χ1) is 13.5. The van der Waals surface area contributed by atoms with E-state index in [0.29, 0.717) is 0 Å². The van der Waals surface area contributed by atoms with Crippen LogP contribution in [0.25, 0.3) is 0 Å². The van der Waals surface area contributed by atoms with Crippen LogP contribution in [0.1, 0.15) is 16.7 Å². The van der Waals surface area contributed by atoms with Gasteiger partial charge in [-0.1, -0.05) is 24.3 Å². The van der Waals surface area contributed by atoms with Crippen LogP contribution in [0.5, 0.6) is 0 Å². The zero-order valence-electron chi connectivity index (χ0n) is 14.6. The van der Waals surface area contributed by atoms with Gasteiger partial charge in [0.05, 0.1) is 16.9 Å². The second-order valence-electron chi connectivity index (χ2n) is 6.08. The summed E-state index contributed by atoms with van der Waals surface area (Å²) in [6, 6.07) is 5.30. The number of carbonyl (C=O) groups excluding carboxylic acids is 1. The minimum Gasteiger partial charge on any atom is -0.480 e. The fourth-order valence-electron chi connectivity index (χ4n) is 2.55. The Morgan fingerprint density at radius 2 is 1.83 bits per heavy atom. The molecule has 0 saturated carbocycles. The summed E-state index contributed by atoms with van der Waals surface area (Å²) in [5.74, 6) is -3.41. The van der Waals surface area contributed by atoms with Crippen LogP contribution in [0.4, 0.5) is 23.2 Å². The molecular weight excluding hydrogens is 400 g/mol. The maximum absolute atomic E-state index is 13.4. The molecule has 0 unspecified atom stereocenters. The standard InChI is InChI=1S/C18H14F4N2O5/c19-13-5-4-11(8-15(13)24(28)29)7-14(17(26)27)23-16(25)9-10-2-1-3-12(6-10)18(20,21)22/h1-6,8,14H,7,9H2,(H,23,25)(H,26,27)/t14-/m0/s1. The number of benzene rings is 2. The number of nitrogens with one attached hydrogen (secondary N) is 1. The molecule has 29 heavy (non-hydrogen) atoms. The number of hydrogen-bond acceptors (Lipinski definition) is 4. The van der Waals surface area contributed by atoms with Crippen LogP contribution in [0, 0.1) is 15.9 Å². The number of carboxylic acids is 1. The zero-order valence-corrected chi connectivity index (χ0v) is 14.6. The smallest absolute Gasteiger partial charge is 0.416 e. The highest BCUT2D eigenvalue weighted by atomic mass is 19.4. The van der Waals surface area contributed by atoms with E-state index in [9.17, 15) is 42.4 Å². The molecule has 2 aromatic rings. The molecule has 1 amide bonds. The summed E-state index contributed by atoms with van der Waals surface area (Å²) >= 11 is 0. The van der Waals surface area contributed by atoms with Gasteiger partial charge in [-0.25, -0.2) is 4.79 Å². The molecule has 2 aromatic carbocycles. The number of halogens is 4. The number of nitrogens with zero attached hydrogens (tertiary/aromatic N) is 1. The normalized spacial score (nSPS) is 12.3. The monoisotopic (exact) mass is 414 g/mol. The van der Waals surface area contributed by atoms with E-state index in [0.717, 1.165) is 36.4 Å². The van der Waals surface area contributed by atoms with Crippen molar-refractivity contribution < 1.29 is 37.2 Å². The number of carbonyl (C=O) groups is 2. The van der Waals surface area contributed by atoms with Gasteiger partial charge in [-0.3, -0.25) is 14.9 Å². The quantitative estimate of drug-likeness (QED) is 0.411. The lowest BCUT2D eigenvalue weighted by Gasteiger charge is -2.15. The highest BCUT2D eigenvalue weighted by Gasteiger charge is 2.30. The first-order valence-electron chi connectivity index (χ1n) is 8.08. The molecular formula is C18H14F4N2O5. The second kappa shape index (κ2) is 8.67. The third-order valence-corrected chi connectivity index (χ3v) is 3.90. The summed E-state index contributed by atoms with van der Waals surface area (Å²) < 4.78 is 51.6. The van der Waals surface area contributed by atoms with Crippen LogP contribution in [0.3, 0.4) is 0 Å². The molecule has 0 spiro atoms. The van der Waals surface area contributed by atoms with Crippen molar-refractivity contribution in [2.45, 2.75) is 25.1 Å². The van der Waals surface area contributed by atoms with E-state index in [-0.39, 0.29) is 17.5 Å². The van der Waals surface area contributed by atoms with Crippen molar-refractivity contribution in [1.82, 2.24) is 5.32 Å². The maximum atomic E-state index is 13.4. The van der Waals surface area contributed by atoms with Crippen LogP contribution in [-0.2, 0) is 28.6 Å². The van der Waals surface area contributed by atoms with Gasteiger partial charge in [0.25, 0.3) is 0 Å². The summed E-state index contributed by atoms with van der Waals surface area (Å²) in [5, 5.41) is 22.2. The van der Waals surface area contributed by atoms with Crippen LogP contribution >= 0.6 is 0 Å². The molecule has 0 aliphatic carbocycles. The Kier molecular flexibility index (Phi) is 6.52. The van der Waals surface area contributed by atoms with Crippen LogP contribution < -0.4 is 5.32 Å². The first kappa shape index (κ1) is 21.8. The van der Waals surface area contributed by atoms with E-state index >= 15 is 0 Å². The number of aliphatic carboxylic acids is 1. The Morgan fingerprint density at radius 1 is 1.14 bits per heavy atom. The fourth-order valence-corrected chi connectivity index (χ4v) is 2.55. The Hall–Kier alpha value is -3.50. The Labute approximate surface area is 161 Å². The molecule has 0 aliphatic rings. The van der Waals surface area contributed by atoms with Gasteiger partial charge < -0.3 is 10.4 Å². The molecule has 0 aliphatic heterocycles. The van der Waals surface area contributed by atoms with Gasteiger partial charge in [0.2, 0.25) is 11.7 Å². The maximum Gasteiger partial charge on any atom is 0.416 e. The zero-order chi connectivity index (χ0) is 21.8. The van der Waals surface area contributed by atoms with Crippen LogP contribution in [0.2, 0.25) is 0 Å². The first-order valence-corrected chi connectivity index (χ1v) is 8.08. The minimum absolute atomic E-state index is 0.0267. The predicted molar refractivity (Wildman–Crippen MR) is 91.5 cm³/mol. The fraction of sp³-hybridized carbons (Fsp3) is 0.222. The van der Waals surface area contributed by atoms with Gasteiger partial charge in [-0.15, -0.1) is 0 Å². The molecule has 11 heteroatoms. The van der Waals surface area contributed by atoms with Crippen molar-refractivity contribution in [2.75, 3.05) is 0 Å².